The van der Waals surface area contributed by atoms with Crippen molar-refractivity contribution in [3.05, 3.63) is 23.7 Å². The molecule has 0 aromatic carbocycles. The highest BCUT2D eigenvalue weighted by molar-refractivity contribution is 5.79. The second-order valence-electron chi connectivity index (χ2n) is 7.94. The van der Waals surface area contributed by atoms with Gasteiger partial charge in [0.25, 0.3) is 0 Å². The number of hydrogen-bond donors (Lipinski definition) is 0. The van der Waals surface area contributed by atoms with E-state index in [2.05, 4.69) is 21.2 Å². The molecule has 3 heterocycles. The highest BCUT2D eigenvalue weighted by atomic mass is 16.2. The van der Waals surface area contributed by atoms with E-state index in [-0.39, 0.29) is 5.92 Å². The van der Waals surface area contributed by atoms with Gasteiger partial charge in [-0.25, -0.2) is 0 Å². The van der Waals surface area contributed by atoms with Gasteiger partial charge in [-0.15, -0.1) is 10.2 Å². The summed E-state index contributed by atoms with van der Waals surface area (Å²) in [5, 5.41) is 13.5. The van der Waals surface area contributed by atoms with Crippen molar-refractivity contribution in [3.8, 4) is 0 Å². The molecule has 6 nitrogen and oxygen atoms in total. The van der Waals surface area contributed by atoms with Crippen molar-refractivity contribution in [2.45, 2.75) is 63.2 Å². The first-order valence-electron chi connectivity index (χ1n) is 9.80. The average Bonchev–Trinajstić information content (AvgIpc) is 3.20. The Balaban J connectivity index is 1.31. The van der Waals surface area contributed by atoms with Gasteiger partial charge in [0, 0.05) is 30.8 Å². The number of carbonyl (C=O) groups excluding carboxylic acids is 1. The maximum Gasteiger partial charge on any atom is 0.225 e. The van der Waals surface area contributed by atoms with Gasteiger partial charge in [0.15, 0.2) is 11.5 Å². The third-order valence-corrected chi connectivity index (χ3v) is 6.18. The van der Waals surface area contributed by atoms with Gasteiger partial charge < -0.3 is 4.90 Å². The molecular weight excluding hydrogens is 314 g/mol. The Bertz CT molecular complexity index is 782. The van der Waals surface area contributed by atoms with Gasteiger partial charge in [0.2, 0.25) is 5.91 Å². The van der Waals surface area contributed by atoms with Crippen LogP contribution in [0.15, 0.2) is 12.1 Å². The Hall–Kier alpha value is -1.98. The number of fused-ring (bicyclic) bond motifs is 1. The molecule has 5 rings (SSSR count). The number of piperidine rings is 1. The molecule has 1 aliphatic heterocycles. The van der Waals surface area contributed by atoms with E-state index in [0.717, 1.165) is 50.2 Å². The molecule has 132 valence electrons. The quantitative estimate of drug-likeness (QED) is 0.862. The zero-order chi connectivity index (χ0) is 16.8. The van der Waals surface area contributed by atoms with E-state index in [1.165, 1.54) is 31.4 Å². The summed E-state index contributed by atoms with van der Waals surface area (Å²) in [6.07, 6.45) is 9.03. The van der Waals surface area contributed by atoms with Gasteiger partial charge in [-0.2, -0.15) is 9.61 Å². The van der Waals surface area contributed by atoms with Gasteiger partial charge in [-0.1, -0.05) is 12.8 Å². The molecule has 2 aromatic rings. The Kier molecular flexibility index (Phi) is 3.71. The van der Waals surface area contributed by atoms with Crippen molar-refractivity contribution in [2.75, 3.05) is 13.1 Å². The molecule has 0 atom stereocenters. The minimum Gasteiger partial charge on any atom is -0.342 e. The molecule has 0 bridgehead atoms. The predicted octanol–water partition coefficient (Wildman–Crippen LogP) is 2.90. The summed E-state index contributed by atoms with van der Waals surface area (Å²) < 4.78 is 1.95. The normalized spacial score (nSPS) is 22.8. The Morgan fingerprint density at radius 1 is 0.920 bits per heavy atom. The third kappa shape index (κ3) is 2.81. The Morgan fingerprint density at radius 2 is 1.68 bits per heavy atom. The third-order valence-electron chi connectivity index (χ3n) is 6.18. The largest absolute Gasteiger partial charge is 0.342 e. The van der Waals surface area contributed by atoms with Crippen LogP contribution in [0.4, 0.5) is 0 Å². The highest BCUT2D eigenvalue weighted by Gasteiger charge is 2.32. The Labute approximate surface area is 147 Å². The summed E-state index contributed by atoms with van der Waals surface area (Å²) in [5.74, 6) is 2.63. The summed E-state index contributed by atoms with van der Waals surface area (Å²) in [7, 11) is 0. The monoisotopic (exact) mass is 339 g/mol. The lowest BCUT2D eigenvalue weighted by Crippen LogP contribution is -2.41. The maximum atomic E-state index is 12.6. The van der Waals surface area contributed by atoms with Crippen LogP contribution in [0.3, 0.4) is 0 Å². The second kappa shape index (κ2) is 6.07. The second-order valence-corrected chi connectivity index (χ2v) is 7.94. The van der Waals surface area contributed by atoms with Crippen LogP contribution in [0, 0.1) is 5.92 Å². The van der Waals surface area contributed by atoms with E-state index in [1.807, 2.05) is 10.6 Å². The van der Waals surface area contributed by atoms with Crippen LogP contribution < -0.4 is 0 Å². The van der Waals surface area contributed by atoms with Crippen molar-refractivity contribution >= 4 is 11.6 Å². The lowest BCUT2D eigenvalue weighted by molar-refractivity contribution is -0.136. The molecule has 3 fully saturated rings. The molecule has 2 aliphatic carbocycles. The van der Waals surface area contributed by atoms with Crippen LogP contribution in [0.5, 0.6) is 0 Å². The molecule has 3 aliphatic rings. The molecule has 2 saturated carbocycles. The van der Waals surface area contributed by atoms with E-state index < -0.39 is 0 Å². The maximum absolute atomic E-state index is 12.6. The fraction of sp³-hybridized carbons (Fsp3) is 0.684. The van der Waals surface area contributed by atoms with E-state index in [4.69, 9.17) is 5.10 Å². The van der Waals surface area contributed by atoms with Gasteiger partial charge in [-0.05, 0) is 50.7 Å². The van der Waals surface area contributed by atoms with E-state index in [0.29, 0.717) is 17.7 Å². The molecule has 25 heavy (non-hydrogen) atoms. The van der Waals surface area contributed by atoms with Crippen LogP contribution in [-0.4, -0.2) is 43.7 Å². The van der Waals surface area contributed by atoms with Crippen LogP contribution in [-0.2, 0) is 4.79 Å². The molecular formula is C19H25N5O. The summed E-state index contributed by atoms with van der Waals surface area (Å²) >= 11 is 0. The van der Waals surface area contributed by atoms with E-state index >= 15 is 0 Å². The molecule has 0 N–H and O–H groups in total. The number of amides is 1. The number of likely N-dealkylation sites (tertiary alicyclic amines) is 1. The number of hydrogen-bond acceptors (Lipinski definition) is 4. The van der Waals surface area contributed by atoms with Crippen molar-refractivity contribution in [3.63, 3.8) is 0 Å². The molecule has 0 radical (unpaired) electrons. The predicted molar refractivity (Wildman–Crippen MR) is 93.3 cm³/mol. The summed E-state index contributed by atoms with van der Waals surface area (Å²) in [6, 6.07) is 4.13. The van der Waals surface area contributed by atoms with Crippen LogP contribution >= 0.6 is 0 Å². The van der Waals surface area contributed by atoms with Gasteiger partial charge >= 0.3 is 0 Å². The zero-order valence-corrected chi connectivity index (χ0v) is 14.6. The minimum atomic E-state index is 0.285. The van der Waals surface area contributed by atoms with Gasteiger partial charge in [-0.3, -0.25) is 4.79 Å². The fourth-order valence-electron chi connectivity index (χ4n) is 4.46. The molecule has 1 amide bonds. The average molecular weight is 339 g/mol. The van der Waals surface area contributed by atoms with Crippen molar-refractivity contribution < 1.29 is 4.79 Å². The Morgan fingerprint density at radius 3 is 2.40 bits per heavy atom. The lowest BCUT2D eigenvalue weighted by Gasteiger charge is -2.32. The zero-order valence-electron chi connectivity index (χ0n) is 14.6. The van der Waals surface area contributed by atoms with Gasteiger partial charge in [0.1, 0.15) is 0 Å². The van der Waals surface area contributed by atoms with Crippen LogP contribution in [0.1, 0.15) is 74.7 Å². The first-order valence-corrected chi connectivity index (χ1v) is 9.80. The van der Waals surface area contributed by atoms with Gasteiger partial charge in [0.05, 0.1) is 5.69 Å². The smallest absolute Gasteiger partial charge is 0.225 e. The number of rotatable bonds is 3. The number of aromatic nitrogens is 4. The molecule has 2 aromatic heterocycles. The first-order chi connectivity index (χ1) is 12.3. The fourth-order valence-corrected chi connectivity index (χ4v) is 4.46. The van der Waals surface area contributed by atoms with Crippen LogP contribution in [0.2, 0.25) is 0 Å². The molecule has 6 heteroatoms. The van der Waals surface area contributed by atoms with E-state index in [1.54, 1.807) is 0 Å². The lowest BCUT2D eigenvalue weighted by atomic mass is 9.94. The van der Waals surface area contributed by atoms with Crippen molar-refractivity contribution in [1.82, 2.24) is 24.7 Å². The SMILES string of the molecule is O=C(C1CCCC1)N1CCC(c2nnc3ccc(C4CC4)nn23)CC1. The number of carbonyl (C=O) groups is 1. The first kappa shape index (κ1) is 15.3. The molecule has 0 unspecified atom stereocenters. The topological polar surface area (TPSA) is 63.4 Å². The summed E-state index contributed by atoms with van der Waals surface area (Å²) in [6.45, 7) is 1.69. The minimum absolute atomic E-state index is 0.285. The molecule has 0 spiro atoms. The van der Waals surface area contributed by atoms with E-state index in [9.17, 15) is 4.79 Å². The standard InChI is InChI=1S/C19H25N5O/c25-19(15-3-1-2-4-15)23-11-9-14(10-12-23)18-21-20-17-8-7-16(13-5-6-13)22-24(17)18/h7-8,13-15H,1-6,9-12H2. The number of nitrogens with zero attached hydrogens (tertiary/aromatic N) is 5. The highest BCUT2D eigenvalue weighted by Crippen LogP contribution is 2.39. The van der Waals surface area contributed by atoms with Crippen molar-refractivity contribution in [2.24, 2.45) is 5.92 Å². The molecule has 1 saturated heterocycles. The van der Waals surface area contributed by atoms with Crippen molar-refractivity contribution in [1.29, 1.82) is 0 Å². The summed E-state index contributed by atoms with van der Waals surface area (Å²) in [5.41, 5.74) is 2.01. The summed E-state index contributed by atoms with van der Waals surface area (Å²) in [4.78, 5) is 14.7. The van der Waals surface area contributed by atoms with Crippen LogP contribution in [0.25, 0.3) is 5.65 Å².